The minimum absolute atomic E-state index is 0.203. The SMILES string of the molecule is O=Cc1cccc(OCC(=O)Nc2cc(Cl)ccc2Cl)c1. The maximum Gasteiger partial charge on any atom is 0.262 e. The third-order valence-corrected chi connectivity index (χ3v) is 3.13. The molecule has 0 saturated heterocycles. The van der Waals surface area contributed by atoms with E-state index in [1.54, 1.807) is 42.5 Å². The van der Waals surface area contributed by atoms with Crippen LogP contribution in [0.3, 0.4) is 0 Å². The monoisotopic (exact) mass is 323 g/mol. The summed E-state index contributed by atoms with van der Waals surface area (Å²) in [4.78, 5) is 22.4. The first kappa shape index (κ1) is 15.4. The number of rotatable bonds is 5. The Labute approximate surface area is 131 Å². The maximum atomic E-state index is 11.8. The van der Waals surface area contributed by atoms with E-state index >= 15 is 0 Å². The smallest absolute Gasteiger partial charge is 0.262 e. The van der Waals surface area contributed by atoms with Crippen LogP contribution in [0.5, 0.6) is 5.75 Å². The Hall–Kier alpha value is -2.04. The first-order valence-electron chi connectivity index (χ1n) is 6.01. The summed E-state index contributed by atoms with van der Waals surface area (Å²) in [7, 11) is 0. The Morgan fingerprint density at radius 1 is 1.19 bits per heavy atom. The minimum atomic E-state index is -0.379. The van der Waals surface area contributed by atoms with E-state index < -0.39 is 0 Å². The van der Waals surface area contributed by atoms with Gasteiger partial charge in [-0.3, -0.25) is 9.59 Å². The second-order valence-electron chi connectivity index (χ2n) is 4.15. The van der Waals surface area contributed by atoms with Crippen LogP contribution in [-0.2, 0) is 4.79 Å². The molecule has 0 saturated carbocycles. The fraction of sp³-hybridized carbons (Fsp3) is 0.0667. The highest BCUT2D eigenvalue weighted by Gasteiger charge is 2.07. The van der Waals surface area contributed by atoms with Gasteiger partial charge in [0.2, 0.25) is 0 Å². The lowest BCUT2D eigenvalue weighted by Gasteiger charge is -2.09. The zero-order valence-electron chi connectivity index (χ0n) is 10.8. The van der Waals surface area contributed by atoms with Crippen molar-refractivity contribution in [2.24, 2.45) is 0 Å². The van der Waals surface area contributed by atoms with Crippen LogP contribution >= 0.6 is 23.2 Å². The van der Waals surface area contributed by atoms with E-state index in [1.165, 1.54) is 0 Å². The molecule has 1 N–H and O–H groups in total. The number of amides is 1. The Morgan fingerprint density at radius 2 is 2.00 bits per heavy atom. The Morgan fingerprint density at radius 3 is 2.76 bits per heavy atom. The third kappa shape index (κ3) is 4.48. The van der Waals surface area contributed by atoms with Gasteiger partial charge in [-0.05, 0) is 30.3 Å². The number of nitrogens with one attached hydrogen (secondary N) is 1. The molecule has 6 heteroatoms. The van der Waals surface area contributed by atoms with Gasteiger partial charge in [0, 0.05) is 10.6 Å². The van der Waals surface area contributed by atoms with Gasteiger partial charge in [0.25, 0.3) is 5.91 Å². The Kier molecular flexibility index (Phi) is 5.20. The molecule has 0 radical (unpaired) electrons. The fourth-order valence-electron chi connectivity index (χ4n) is 1.61. The topological polar surface area (TPSA) is 55.4 Å². The van der Waals surface area contributed by atoms with Crippen LogP contribution in [0.1, 0.15) is 10.4 Å². The molecule has 2 rings (SSSR count). The molecule has 0 spiro atoms. The lowest BCUT2D eigenvalue weighted by Crippen LogP contribution is -2.20. The summed E-state index contributed by atoms with van der Waals surface area (Å²) in [5, 5.41) is 3.45. The number of halogens is 2. The Bertz CT molecular complexity index is 674. The summed E-state index contributed by atoms with van der Waals surface area (Å²) in [6.45, 7) is -0.203. The van der Waals surface area contributed by atoms with Crippen molar-refractivity contribution in [3.8, 4) is 5.75 Å². The van der Waals surface area contributed by atoms with Crippen LogP contribution in [0.4, 0.5) is 5.69 Å². The summed E-state index contributed by atoms with van der Waals surface area (Å²) in [5.74, 6) is 0.0580. The minimum Gasteiger partial charge on any atom is -0.484 e. The Balaban J connectivity index is 1.95. The van der Waals surface area contributed by atoms with E-state index in [4.69, 9.17) is 27.9 Å². The van der Waals surface area contributed by atoms with Gasteiger partial charge in [0.15, 0.2) is 6.61 Å². The van der Waals surface area contributed by atoms with Crippen LogP contribution < -0.4 is 10.1 Å². The number of carbonyl (C=O) groups is 2. The molecule has 4 nitrogen and oxygen atoms in total. The number of hydrogen-bond donors (Lipinski definition) is 1. The van der Waals surface area contributed by atoms with Crippen LogP contribution in [-0.4, -0.2) is 18.8 Å². The van der Waals surface area contributed by atoms with Crippen LogP contribution in [0, 0.1) is 0 Å². The number of benzene rings is 2. The van der Waals surface area contributed by atoms with Gasteiger partial charge >= 0.3 is 0 Å². The summed E-state index contributed by atoms with van der Waals surface area (Å²) < 4.78 is 5.31. The van der Waals surface area contributed by atoms with Crippen molar-refractivity contribution in [2.75, 3.05) is 11.9 Å². The molecule has 0 heterocycles. The van der Waals surface area contributed by atoms with Crippen molar-refractivity contribution in [1.82, 2.24) is 0 Å². The van der Waals surface area contributed by atoms with Crippen LogP contribution in [0.2, 0.25) is 10.0 Å². The molecule has 0 aliphatic heterocycles. The highest BCUT2D eigenvalue weighted by molar-refractivity contribution is 6.35. The summed E-state index contributed by atoms with van der Waals surface area (Å²) in [6, 6.07) is 11.3. The highest BCUT2D eigenvalue weighted by atomic mass is 35.5. The lowest BCUT2D eigenvalue weighted by atomic mass is 10.2. The van der Waals surface area contributed by atoms with Gasteiger partial charge in [-0.1, -0.05) is 35.3 Å². The molecule has 0 aromatic heterocycles. The van der Waals surface area contributed by atoms with E-state index in [2.05, 4.69) is 5.32 Å². The quantitative estimate of drug-likeness (QED) is 0.851. The molecule has 2 aromatic rings. The molecular weight excluding hydrogens is 313 g/mol. The predicted octanol–water partition coefficient (Wildman–Crippen LogP) is 3.82. The molecule has 0 atom stereocenters. The van der Waals surface area contributed by atoms with Crippen molar-refractivity contribution in [3.05, 3.63) is 58.1 Å². The first-order valence-corrected chi connectivity index (χ1v) is 6.77. The normalized spacial score (nSPS) is 10.0. The number of hydrogen-bond acceptors (Lipinski definition) is 3. The van der Waals surface area contributed by atoms with Gasteiger partial charge in [-0.15, -0.1) is 0 Å². The van der Waals surface area contributed by atoms with E-state index in [0.29, 0.717) is 33.3 Å². The average molecular weight is 324 g/mol. The third-order valence-electron chi connectivity index (χ3n) is 2.57. The van der Waals surface area contributed by atoms with E-state index in [9.17, 15) is 9.59 Å². The first-order chi connectivity index (χ1) is 10.1. The second-order valence-corrected chi connectivity index (χ2v) is 4.99. The predicted molar refractivity (Wildman–Crippen MR) is 82.4 cm³/mol. The van der Waals surface area contributed by atoms with Crippen LogP contribution in [0.25, 0.3) is 0 Å². The highest BCUT2D eigenvalue weighted by Crippen LogP contribution is 2.25. The lowest BCUT2D eigenvalue weighted by molar-refractivity contribution is -0.118. The number of carbonyl (C=O) groups excluding carboxylic acids is 2. The van der Waals surface area contributed by atoms with Crippen molar-refractivity contribution < 1.29 is 14.3 Å². The molecule has 0 fully saturated rings. The molecule has 2 aromatic carbocycles. The molecule has 1 amide bonds. The van der Waals surface area contributed by atoms with Gasteiger partial charge in [0.1, 0.15) is 12.0 Å². The molecule has 0 aliphatic carbocycles. The van der Waals surface area contributed by atoms with Crippen molar-refractivity contribution in [1.29, 1.82) is 0 Å². The molecular formula is C15H11Cl2NO3. The van der Waals surface area contributed by atoms with E-state index in [1.807, 2.05) is 0 Å². The van der Waals surface area contributed by atoms with Crippen molar-refractivity contribution >= 4 is 41.1 Å². The standard InChI is InChI=1S/C15H11Cl2NO3/c16-11-4-5-13(17)14(7-11)18-15(20)9-21-12-3-1-2-10(6-12)8-19/h1-8H,9H2,(H,18,20). The van der Waals surface area contributed by atoms with Crippen molar-refractivity contribution in [3.63, 3.8) is 0 Å². The second kappa shape index (κ2) is 7.11. The fourth-order valence-corrected chi connectivity index (χ4v) is 1.94. The van der Waals surface area contributed by atoms with Gasteiger partial charge in [-0.25, -0.2) is 0 Å². The number of aldehydes is 1. The van der Waals surface area contributed by atoms with E-state index in [-0.39, 0.29) is 12.5 Å². The van der Waals surface area contributed by atoms with Gasteiger partial charge < -0.3 is 10.1 Å². The molecule has 108 valence electrons. The number of anilines is 1. The number of ether oxygens (including phenoxy) is 1. The molecule has 0 bridgehead atoms. The zero-order chi connectivity index (χ0) is 15.2. The molecule has 0 aliphatic rings. The molecule has 21 heavy (non-hydrogen) atoms. The molecule has 0 unspecified atom stereocenters. The average Bonchev–Trinajstić information content (AvgIpc) is 2.49. The summed E-state index contributed by atoms with van der Waals surface area (Å²) >= 11 is 11.8. The van der Waals surface area contributed by atoms with Crippen LogP contribution in [0.15, 0.2) is 42.5 Å². The van der Waals surface area contributed by atoms with Gasteiger partial charge in [0.05, 0.1) is 10.7 Å². The van der Waals surface area contributed by atoms with Gasteiger partial charge in [-0.2, -0.15) is 0 Å². The largest absolute Gasteiger partial charge is 0.484 e. The summed E-state index contributed by atoms with van der Waals surface area (Å²) in [5.41, 5.74) is 0.894. The van der Waals surface area contributed by atoms with E-state index in [0.717, 1.165) is 0 Å². The zero-order valence-corrected chi connectivity index (χ0v) is 12.3. The summed E-state index contributed by atoms with van der Waals surface area (Å²) in [6.07, 6.45) is 0.707. The van der Waals surface area contributed by atoms with Crippen molar-refractivity contribution in [2.45, 2.75) is 0 Å². The maximum absolute atomic E-state index is 11.8.